The van der Waals surface area contributed by atoms with Crippen LogP contribution in [0.4, 0.5) is 0 Å². The number of aliphatic imine (C=N–C) groups is 1. The molecule has 12 heavy (non-hydrogen) atoms. The van der Waals surface area contributed by atoms with E-state index in [1.807, 2.05) is 13.0 Å². The summed E-state index contributed by atoms with van der Waals surface area (Å²) in [5, 5.41) is 0. The first-order valence-electron chi connectivity index (χ1n) is 4.49. The molecule has 1 heteroatoms. The molecule has 0 aromatic carbocycles. The zero-order valence-corrected chi connectivity index (χ0v) is 8.59. The summed E-state index contributed by atoms with van der Waals surface area (Å²) in [5.74, 6) is 0.466. The first-order valence-corrected chi connectivity index (χ1v) is 4.49. The Morgan fingerprint density at radius 3 is 2.33 bits per heavy atom. The van der Waals surface area contributed by atoms with E-state index in [-0.39, 0.29) is 0 Å². The first-order chi connectivity index (χ1) is 5.67. The van der Waals surface area contributed by atoms with Gasteiger partial charge in [0.05, 0.1) is 0 Å². The molecule has 0 N–H and O–H groups in total. The van der Waals surface area contributed by atoms with Crippen molar-refractivity contribution in [1.29, 1.82) is 0 Å². The van der Waals surface area contributed by atoms with Crippen LogP contribution in [-0.4, -0.2) is 6.72 Å². The Kier molecular flexibility index (Phi) is 5.35. The van der Waals surface area contributed by atoms with Crippen molar-refractivity contribution < 1.29 is 0 Å². The summed E-state index contributed by atoms with van der Waals surface area (Å²) in [4.78, 5) is 4.06. The number of hydrogen-bond acceptors (Lipinski definition) is 1. The van der Waals surface area contributed by atoms with E-state index in [1.165, 1.54) is 5.57 Å². The second-order valence-corrected chi connectivity index (χ2v) is 3.08. The van der Waals surface area contributed by atoms with Crippen LogP contribution in [-0.2, 0) is 0 Å². The summed E-state index contributed by atoms with van der Waals surface area (Å²) < 4.78 is 0. The van der Waals surface area contributed by atoms with Gasteiger partial charge >= 0.3 is 0 Å². The summed E-state index contributed by atoms with van der Waals surface area (Å²) in [6.45, 7) is 12.0. The molecule has 0 aliphatic carbocycles. The maximum atomic E-state index is 4.06. The monoisotopic (exact) mass is 165 g/mol. The van der Waals surface area contributed by atoms with E-state index in [0.29, 0.717) is 5.92 Å². The van der Waals surface area contributed by atoms with Crippen molar-refractivity contribution in [2.45, 2.75) is 34.1 Å². The summed E-state index contributed by atoms with van der Waals surface area (Å²) >= 11 is 0. The molecule has 0 unspecified atom stereocenters. The van der Waals surface area contributed by atoms with E-state index >= 15 is 0 Å². The Morgan fingerprint density at radius 1 is 1.50 bits per heavy atom. The SMILES string of the molecule is C=N/C(=C(\C=C/C)CC)C(C)C. The van der Waals surface area contributed by atoms with Crippen molar-refractivity contribution in [3.8, 4) is 0 Å². The third kappa shape index (κ3) is 3.04. The average molecular weight is 165 g/mol. The second-order valence-electron chi connectivity index (χ2n) is 3.08. The van der Waals surface area contributed by atoms with Crippen LogP contribution in [0, 0.1) is 5.92 Å². The predicted molar refractivity (Wildman–Crippen MR) is 56.5 cm³/mol. The largest absolute Gasteiger partial charge is 0.269 e. The molecule has 0 saturated carbocycles. The molecular formula is C11H19N. The molecule has 0 fully saturated rings. The van der Waals surface area contributed by atoms with Crippen molar-refractivity contribution >= 4 is 6.72 Å². The van der Waals surface area contributed by atoms with Crippen LogP contribution >= 0.6 is 0 Å². The van der Waals surface area contributed by atoms with Crippen molar-refractivity contribution in [1.82, 2.24) is 0 Å². The first kappa shape index (κ1) is 11.2. The molecule has 0 aromatic rings. The fraction of sp³-hybridized carbons (Fsp3) is 0.545. The highest BCUT2D eigenvalue weighted by Gasteiger charge is 2.04. The highest BCUT2D eigenvalue weighted by Crippen LogP contribution is 2.19. The fourth-order valence-electron chi connectivity index (χ4n) is 1.24. The standard InChI is InChI=1S/C11H19N/c1-6-8-10(7-2)11(12-5)9(3)4/h6,8-9H,5,7H2,1-4H3/b8-6-,11-10-. The van der Waals surface area contributed by atoms with E-state index in [1.54, 1.807) is 0 Å². The van der Waals surface area contributed by atoms with Crippen LogP contribution < -0.4 is 0 Å². The highest BCUT2D eigenvalue weighted by molar-refractivity contribution is 5.35. The van der Waals surface area contributed by atoms with Gasteiger partial charge in [-0.25, -0.2) is 0 Å². The minimum Gasteiger partial charge on any atom is -0.269 e. The molecule has 0 radical (unpaired) electrons. The van der Waals surface area contributed by atoms with Gasteiger partial charge in [0.2, 0.25) is 0 Å². The van der Waals surface area contributed by atoms with Crippen LogP contribution in [0.25, 0.3) is 0 Å². The van der Waals surface area contributed by atoms with Crippen molar-refractivity contribution in [2.75, 3.05) is 0 Å². The molecular weight excluding hydrogens is 146 g/mol. The lowest BCUT2D eigenvalue weighted by Crippen LogP contribution is -1.94. The Bertz CT molecular complexity index is 197. The van der Waals surface area contributed by atoms with Crippen LogP contribution in [0.1, 0.15) is 34.1 Å². The lowest BCUT2D eigenvalue weighted by molar-refractivity contribution is 0.744. The van der Waals surface area contributed by atoms with E-state index in [0.717, 1.165) is 12.1 Å². The number of nitrogens with zero attached hydrogens (tertiary/aromatic N) is 1. The molecule has 0 aliphatic rings. The molecule has 0 aromatic heterocycles. The average Bonchev–Trinajstić information content (AvgIpc) is 2.03. The molecule has 0 saturated heterocycles. The molecule has 0 spiro atoms. The smallest absolute Gasteiger partial charge is 0.0453 e. The Hall–Kier alpha value is -0.850. The topological polar surface area (TPSA) is 12.4 Å². The Balaban J connectivity index is 4.86. The molecule has 0 heterocycles. The molecule has 0 aliphatic heterocycles. The maximum Gasteiger partial charge on any atom is 0.0453 e. The van der Waals surface area contributed by atoms with Gasteiger partial charge in [-0.3, -0.25) is 4.99 Å². The zero-order chi connectivity index (χ0) is 9.56. The fourth-order valence-corrected chi connectivity index (χ4v) is 1.24. The van der Waals surface area contributed by atoms with E-state index in [9.17, 15) is 0 Å². The molecule has 0 rings (SSSR count). The quantitative estimate of drug-likeness (QED) is 0.446. The normalized spacial score (nSPS) is 13.8. The van der Waals surface area contributed by atoms with E-state index < -0.39 is 0 Å². The summed E-state index contributed by atoms with van der Waals surface area (Å²) in [6, 6.07) is 0. The highest BCUT2D eigenvalue weighted by atomic mass is 14.7. The van der Waals surface area contributed by atoms with Crippen LogP contribution in [0.3, 0.4) is 0 Å². The van der Waals surface area contributed by atoms with E-state index in [4.69, 9.17) is 0 Å². The number of allylic oxidation sites excluding steroid dienone is 4. The van der Waals surface area contributed by atoms with Crippen molar-refractivity contribution in [2.24, 2.45) is 10.9 Å². The van der Waals surface area contributed by atoms with Crippen LogP contribution in [0.15, 0.2) is 28.4 Å². The zero-order valence-electron chi connectivity index (χ0n) is 8.59. The van der Waals surface area contributed by atoms with Gasteiger partial charge in [0.25, 0.3) is 0 Å². The Morgan fingerprint density at radius 2 is 2.08 bits per heavy atom. The minimum absolute atomic E-state index is 0.466. The van der Waals surface area contributed by atoms with Gasteiger partial charge in [-0.05, 0) is 31.6 Å². The predicted octanol–water partition coefficient (Wildman–Crippen LogP) is 3.58. The molecule has 0 bridgehead atoms. The maximum absolute atomic E-state index is 4.06. The third-order valence-corrected chi connectivity index (χ3v) is 1.79. The van der Waals surface area contributed by atoms with Crippen LogP contribution in [0.2, 0.25) is 0 Å². The summed E-state index contributed by atoms with van der Waals surface area (Å²) in [5.41, 5.74) is 2.41. The molecule has 0 atom stereocenters. The third-order valence-electron chi connectivity index (χ3n) is 1.79. The lowest BCUT2D eigenvalue weighted by atomic mass is 10.0. The lowest BCUT2D eigenvalue weighted by Gasteiger charge is -2.09. The van der Waals surface area contributed by atoms with Gasteiger partial charge in [0.1, 0.15) is 0 Å². The molecule has 1 nitrogen and oxygen atoms in total. The number of rotatable bonds is 4. The van der Waals surface area contributed by atoms with Gasteiger partial charge in [-0.2, -0.15) is 0 Å². The number of hydrogen-bond donors (Lipinski definition) is 0. The van der Waals surface area contributed by atoms with Gasteiger partial charge < -0.3 is 0 Å². The van der Waals surface area contributed by atoms with Gasteiger partial charge in [0.15, 0.2) is 0 Å². The summed E-state index contributed by atoms with van der Waals surface area (Å²) in [6.07, 6.45) is 5.19. The molecule has 0 amide bonds. The minimum atomic E-state index is 0.466. The van der Waals surface area contributed by atoms with E-state index in [2.05, 4.69) is 38.6 Å². The van der Waals surface area contributed by atoms with Crippen molar-refractivity contribution in [3.05, 3.63) is 23.4 Å². The Labute approximate surface area is 75.9 Å². The van der Waals surface area contributed by atoms with Gasteiger partial charge in [0, 0.05) is 5.70 Å². The van der Waals surface area contributed by atoms with Gasteiger partial charge in [-0.15, -0.1) is 0 Å². The van der Waals surface area contributed by atoms with Crippen LogP contribution in [0.5, 0.6) is 0 Å². The van der Waals surface area contributed by atoms with Crippen molar-refractivity contribution in [3.63, 3.8) is 0 Å². The summed E-state index contributed by atoms with van der Waals surface area (Å²) in [7, 11) is 0. The van der Waals surface area contributed by atoms with Gasteiger partial charge in [-0.1, -0.05) is 32.9 Å². The second kappa shape index (κ2) is 5.76. The molecule has 68 valence electrons.